The third kappa shape index (κ3) is 2.48. The lowest BCUT2D eigenvalue weighted by Crippen LogP contribution is -2.17. The minimum Gasteiger partial charge on any atom is -0.322 e. The average Bonchev–Trinajstić information content (AvgIpc) is 2.71. The van der Waals surface area contributed by atoms with E-state index in [9.17, 15) is 4.39 Å². The summed E-state index contributed by atoms with van der Waals surface area (Å²) in [6, 6.07) is 6.47. The van der Waals surface area contributed by atoms with Crippen molar-refractivity contribution in [3.05, 3.63) is 52.6 Å². The highest BCUT2D eigenvalue weighted by atomic mass is 35.5. The first-order valence-electron chi connectivity index (χ1n) is 5.26. The number of benzene rings is 1. The van der Waals surface area contributed by atoms with Gasteiger partial charge in [-0.1, -0.05) is 23.7 Å². The van der Waals surface area contributed by atoms with Gasteiger partial charge < -0.3 is 5.73 Å². The van der Waals surface area contributed by atoms with E-state index in [0.717, 1.165) is 5.69 Å². The smallest absolute Gasteiger partial charge is 0.145 e. The fraction of sp³-hybridized carbons (Fsp3) is 0.250. The first-order valence-corrected chi connectivity index (χ1v) is 5.63. The normalized spacial score (nSPS) is 12.7. The van der Waals surface area contributed by atoms with Crippen LogP contribution in [0.25, 0.3) is 0 Å². The lowest BCUT2D eigenvalue weighted by molar-refractivity contribution is 0.574. The van der Waals surface area contributed by atoms with E-state index < -0.39 is 5.82 Å². The lowest BCUT2D eigenvalue weighted by atomic mass is 10.0. The van der Waals surface area contributed by atoms with Crippen LogP contribution in [0.1, 0.15) is 17.3 Å². The van der Waals surface area contributed by atoms with E-state index >= 15 is 0 Å². The van der Waals surface area contributed by atoms with Gasteiger partial charge in [0.15, 0.2) is 0 Å². The summed E-state index contributed by atoms with van der Waals surface area (Å²) in [5.41, 5.74) is 7.41. The monoisotopic (exact) mass is 253 g/mol. The Kier molecular flexibility index (Phi) is 3.45. The Bertz CT molecular complexity index is 524. The Balaban J connectivity index is 2.22. The van der Waals surface area contributed by atoms with Crippen molar-refractivity contribution in [1.82, 2.24) is 9.78 Å². The third-order valence-electron chi connectivity index (χ3n) is 2.71. The molecule has 17 heavy (non-hydrogen) atoms. The molecule has 0 amide bonds. The summed E-state index contributed by atoms with van der Waals surface area (Å²) in [6.07, 6.45) is 2.06. The molecular weight excluding hydrogens is 241 g/mol. The van der Waals surface area contributed by atoms with Gasteiger partial charge >= 0.3 is 0 Å². The molecule has 0 aliphatic rings. The molecule has 0 saturated carbocycles. The molecule has 2 N–H and O–H groups in total. The van der Waals surface area contributed by atoms with Gasteiger partial charge in [0, 0.05) is 13.2 Å². The van der Waals surface area contributed by atoms with Crippen molar-refractivity contribution in [3.63, 3.8) is 0 Å². The molecule has 2 aromatic rings. The first kappa shape index (κ1) is 12.1. The summed E-state index contributed by atoms with van der Waals surface area (Å²) in [7, 11) is 1.81. The standard InChI is InChI=1S/C12H13ClFN3/c1-17-11(5-6-16-17)10(15)7-8-3-2-4-9(13)12(8)14/h2-6,10H,7,15H2,1H3. The maximum atomic E-state index is 13.7. The molecule has 0 saturated heterocycles. The largest absolute Gasteiger partial charge is 0.322 e. The quantitative estimate of drug-likeness (QED) is 0.913. The van der Waals surface area contributed by atoms with Crippen LogP contribution in [-0.4, -0.2) is 9.78 Å². The molecular formula is C12H13ClFN3. The lowest BCUT2D eigenvalue weighted by Gasteiger charge is -2.13. The molecule has 3 nitrogen and oxygen atoms in total. The molecule has 5 heteroatoms. The highest BCUT2D eigenvalue weighted by molar-refractivity contribution is 6.30. The number of aromatic nitrogens is 2. The van der Waals surface area contributed by atoms with Crippen molar-refractivity contribution < 1.29 is 4.39 Å². The minimum atomic E-state index is -0.396. The van der Waals surface area contributed by atoms with Crippen LogP contribution < -0.4 is 5.73 Å². The minimum absolute atomic E-state index is 0.125. The summed E-state index contributed by atoms with van der Waals surface area (Å²) in [5.74, 6) is -0.396. The summed E-state index contributed by atoms with van der Waals surface area (Å²) >= 11 is 5.72. The van der Waals surface area contributed by atoms with E-state index in [-0.39, 0.29) is 11.1 Å². The summed E-state index contributed by atoms with van der Waals surface area (Å²) in [4.78, 5) is 0. The van der Waals surface area contributed by atoms with Crippen molar-refractivity contribution in [2.45, 2.75) is 12.5 Å². The Hall–Kier alpha value is -1.39. The Morgan fingerprint density at radius 2 is 2.24 bits per heavy atom. The van der Waals surface area contributed by atoms with Crippen LogP contribution in [0.15, 0.2) is 30.5 Å². The maximum Gasteiger partial charge on any atom is 0.145 e. The SMILES string of the molecule is Cn1nccc1C(N)Cc1cccc(Cl)c1F. The highest BCUT2D eigenvalue weighted by Gasteiger charge is 2.14. The van der Waals surface area contributed by atoms with E-state index in [0.29, 0.717) is 12.0 Å². The van der Waals surface area contributed by atoms with Crippen LogP contribution >= 0.6 is 11.6 Å². The molecule has 0 aliphatic heterocycles. The number of hydrogen-bond acceptors (Lipinski definition) is 2. The van der Waals surface area contributed by atoms with Crippen LogP contribution in [0.5, 0.6) is 0 Å². The predicted octanol–water partition coefficient (Wildman–Crippen LogP) is 2.46. The second-order valence-corrected chi connectivity index (χ2v) is 4.31. The zero-order valence-corrected chi connectivity index (χ0v) is 10.2. The van der Waals surface area contributed by atoms with Gasteiger partial charge in [-0.3, -0.25) is 4.68 Å². The number of nitrogens with two attached hydrogens (primary N) is 1. The molecule has 0 aliphatic carbocycles. The van der Waals surface area contributed by atoms with Gasteiger partial charge in [-0.05, 0) is 24.1 Å². The molecule has 1 aromatic heterocycles. The molecule has 2 rings (SSSR count). The molecule has 90 valence electrons. The molecule has 0 spiro atoms. The molecule has 0 fully saturated rings. The molecule has 1 heterocycles. The van der Waals surface area contributed by atoms with Crippen LogP contribution in [0.4, 0.5) is 4.39 Å². The van der Waals surface area contributed by atoms with Gasteiger partial charge in [0.2, 0.25) is 0 Å². The van der Waals surface area contributed by atoms with E-state index in [4.69, 9.17) is 17.3 Å². The van der Waals surface area contributed by atoms with Crippen LogP contribution in [0.2, 0.25) is 5.02 Å². The van der Waals surface area contributed by atoms with E-state index in [1.165, 1.54) is 6.07 Å². The van der Waals surface area contributed by atoms with Crippen molar-refractivity contribution >= 4 is 11.6 Å². The maximum absolute atomic E-state index is 13.7. The van der Waals surface area contributed by atoms with Crippen molar-refractivity contribution in [3.8, 4) is 0 Å². The van der Waals surface area contributed by atoms with Crippen molar-refractivity contribution in [2.75, 3.05) is 0 Å². The second-order valence-electron chi connectivity index (χ2n) is 3.90. The van der Waals surface area contributed by atoms with Gasteiger partial charge in [0.1, 0.15) is 5.82 Å². The molecule has 0 bridgehead atoms. The van der Waals surface area contributed by atoms with Crippen molar-refractivity contribution in [1.29, 1.82) is 0 Å². The summed E-state index contributed by atoms with van der Waals surface area (Å²) < 4.78 is 15.4. The second kappa shape index (κ2) is 4.85. The Labute approximate surface area is 104 Å². The number of halogens is 2. The van der Waals surface area contributed by atoms with Gasteiger partial charge in [-0.25, -0.2) is 4.39 Å². The molecule has 1 atom stereocenters. The third-order valence-corrected chi connectivity index (χ3v) is 3.00. The van der Waals surface area contributed by atoms with Crippen LogP contribution in [-0.2, 0) is 13.5 Å². The van der Waals surface area contributed by atoms with E-state index in [1.54, 1.807) is 23.0 Å². The first-order chi connectivity index (χ1) is 8.09. The van der Waals surface area contributed by atoms with Gasteiger partial charge in [0.05, 0.1) is 16.8 Å². The fourth-order valence-corrected chi connectivity index (χ4v) is 1.99. The number of rotatable bonds is 3. The Morgan fingerprint density at radius 1 is 1.47 bits per heavy atom. The summed E-state index contributed by atoms with van der Waals surface area (Å²) in [5, 5.41) is 4.16. The average molecular weight is 254 g/mol. The Morgan fingerprint density at radius 3 is 2.88 bits per heavy atom. The number of nitrogens with zero attached hydrogens (tertiary/aromatic N) is 2. The number of aryl methyl sites for hydroxylation is 1. The van der Waals surface area contributed by atoms with Gasteiger partial charge in [-0.2, -0.15) is 5.10 Å². The molecule has 1 aromatic carbocycles. The van der Waals surface area contributed by atoms with Crippen molar-refractivity contribution in [2.24, 2.45) is 12.8 Å². The summed E-state index contributed by atoms with van der Waals surface area (Å²) in [6.45, 7) is 0. The zero-order valence-electron chi connectivity index (χ0n) is 9.40. The topological polar surface area (TPSA) is 43.8 Å². The van der Waals surface area contributed by atoms with Crippen LogP contribution in [0, 0.1) is 5.82 Å². The van der Waals surface area contributed by atoms with E-state index in [2.05, 4.69) is 5.10 Å². The number of hydrogen-bond donors (Lipinski definition) is 1. The fourth-order valence-electron chi connectivity index (χ4n) is 1.80. The van der Waals surface area contributed by atoms with Gasteiger partial charge in [-0.15, -0.1) is 0 Å². The zero-order chi connectivity index (χ0) is 12.4. The van der Waals surface area contributed by atoms with Crippen LogP contribution in [0.3, 0.4) is 0 Å². The predicted molar refractivity (Wildman–Crippen MR) is 65.3 cm³/mol. The highest BCUT2D eigenvalue weighted by Crippen LogP contribution is 2.22. The molecule has 0 radical (unpaired) electrons. The van der Waals surface area contributed by atoms with E-state index in [1.807, 2.05) is 13.1 Å². The van der Waals surface area contributed by atoms with Gasteiger partial charge in [0.25, 0.3) is 0 Å². The molecule has 1 unspecified atom stereocenters.